The molecule has 0 unspecified atom stereocenters. The summed E-state index contributed by atoms with van der Waals surface area (Å²) in [6.07, 6.45) is 1.94. The Labute approximate surface area is 67.8 Å². The molecule has 1 fully saturated rings. The van der Waals surface area contributed by atoms with Crippen molar-refractivity contribution in [1.82, 2.24) is 9.55 Å². The molecule has 1 aromatic heterocycles. The van der Waals surface area contributed by atoms with Crippen molar-refractivity contribution >= 4 is 5.82 Å². The number of H-pyrrole nitrogens is 1. The van der Waals surface area contributed by atoms with Gasteiger partial charge in [0.2, 0.25) is 0 Å². The summed E-state index contributed by atoms with van der Waals surface area (Å²) in [5.74, 6) is 0.256. The van der Waals surface area contributed by atoms with E-state index in [2.05, 4.69) is 4.98 Å². The maximum Gasteiger partial charge on any atom is 0.330 e. The molecule has 0 aliphatic heterocycles. The van der Waals surface area contributed by atoms with Crippen LogP contribution in [0.15, 0.2) is 15.7 Å². The summed E-state index contributed by atoms with van der Waals surface area (Å²) in [6, 6.07) is 1.44. The van der Waals surface area contributed by atoms with E-state index in [-0.39, 0.29) is 11.9 Å². The van der Waals surface area contributed by atoms with Gasteiger partial charge in [-0.25, -0.2) is 4.79 Å². The van der Waals surface area contributed by atoms with Gasteiger partial charge in [0.15, 0.2) is 0 Å². The number of aromatic nitrogens is 2. The molecule has 12 heavy (non-hydrogen) atoms. The highest BCUT2D eigenvalue weighted by Crippen LogP contribution is 2.34. The van der Waals surface area contributed by atoms with Gasteiger partial charge in [0.1, 0.15) is 5.82 Å². The predicted molar refractivity (Wildman–Crippen MR) is 44.0 cm³/mol. The first-order valence-corrected chi connectivity index (χ1v) is 3.80. The number of aromatic amines is 1. The quantitative estimate of drug-likeness (QED) is 0.589. The van der Waals surface area contributed by atoms with Crippen LogP contribution in [0.3, 0.4) is 0 Å². The molecule has 2 rings (SSSR count). The van der Waals surface area contributed by atoms with Crippen LogP contribution in [0.4, 0.5) is 5.82 Å². The maximum atomic E-state index is 11.2. The molecule has 0 atom stereocenters. The highest BCUT2D eigenvalue weighted by molar-refractivity contribution is 5.27. The molecule has 0 saturated heterocycles. The Morgan fingerprint density at radius 2 is 2.17 bits per heavy atom. The van der Waals surface area contributed by atoms with Gasteiger partial charge >= 0.3 is 5.69 Å². The summed E-state index contributed by atoms with van der Waals surface area (Å²) in [6.45, 7) is 0. The van der Waals surface area contributed by atoms with Gasteiger partial charge in [-0.2, -0.15) is 0 Å². The Bertz CT molecular complexity index is 413. The van der Waals surface area contributed by atoms with Crippen molar-refractivity contribution in [3.05, 3.63) is 26.9 Å². The van der Waals surface area contributed by atoms with Crippen LogP contribution in [-0.4, -0.2) is 9.55 Å². The zero-order valence-corrected chi connectivity index (χ0v) is 6.41. The van der Waals surface area contributed by atoms with Gasteiger partial charge in [-0.15, -0.1) is 0 Å². The number of nitrogens with two attached hydrogens (primary N) is 1. The van der Waals surface area contributed by atoms with Crippen molar-refractivity contribution in [2.24, 2.45) is 0 Å². The molecule has 1 aromatic rings. The normalized spacial score (nSPS) is 16.3. The fraction of sp³-hybridized carbons (Fsp3) is 0.429. The lowest BCUT2D eigenvalue weighted by Crippen LogP contribution is -2.30. The lowest BCUT2D eigenvalue weighted by molar-refractivity contribution is 0.687. The smallest absolute Gasteiger partial charge is 0.330 e. The van der Waals surface area contributed by atoms with Crippen molar-refractivity contribution in [3.8, 4) is 0 Å². The average Bonchev–Trinajstić information content (AvgIpc) is 2.68. The standard InChI is InChI=1S/C7H9N3O2/c8-5-3-6(11)9-7(12)10(5)4-1-2-4/h3-4H,1-2,8H2,(H,9,11,12). The number of nitrogens with zero attached hydrogens (tertiary/aromatic N) is 1. The third-order valence-electron chi connectivity index (χ3n) is 1.92. The molecular weight excluding hydrogens is 158 g/mol. The van der Waals surface area contributed by atoms with Crippen molar-refractivity contribution < 1.29 is 0 Å². The average molecular weight is 167 g/mol. The van der Waals surface area contributed by atoms with Crippen LogP contribution < -0.4 is 17.0 Å². The second kappa shape index (κ2) is 2.23. The summed E-state index contributed by atoms with van der Waals surface area (Å²) in [4.78, 5) is 24.1. The second-order valence-corrected chi connectivity index (χ2v) is 2.96. The van der Waals surface area contributed by atoms with E-state index in [9.17, 15) is 9.59 Å². The van der Waals surface area contributed by atoms with Crippen molar-refractivity contribution in [1.29, 1.82) is 0 Å². The Morgan fingerprint density at radius 1 is 1.50 bits per heavy atom. The first-order chi connectivity index (χ1) is 5.68. The lowest BCUT2D eigenvalue weighted by atomic mass is 10.5. The molecule has 0 bridgehead atoms. The summed E-state index contributed by atoms with van der Waals surface area (Å²) in [5.41, 5.74) is 4.67. The third kappa shape index (κ3) is 1.03. The lowest BCUT2D eigenvalue weighted by Gasteiger charge is -2.04. The minimum Gasteiger partial charge on any atom is -0.385 e. The highest BCUT2D eigenvalue weighted by Gasteiger charge is 2.26. The van der Waals surface area contributed by atoms with E-state index < -0.39 is 11.2 Å². The summed E-state index contributed by atoms with van der Waals surface area (Å²) < 4.78 is 1.43. The summed E-state index contributed by atoms with van der Waals surface area (Å²) in [5, 5.41) is 0. The molecule has 5 nitrogen and oxygen atoms in total. The van der Waals surface area contributed by atoms with Crippen LogP contribution in [0.5, 0.6) is 0 Å². The third-order valence-corrected chi connectivity index (χ3v) is 1.92. The van der Waals surface area contributed by atoms with Gasteiger partial charge in [-0.3, -0.25) is 14.3 Å². The molecule has 1 aliphatic rings. The number of hydrogen-bond donors (Lipinski definition) is 2. The SMILES string of the molecule is Nc1cc(=O)[nH]c(=O)n1C1CC1. The largest absolute Gasteiger partial charge is 0.385 e. The van der Waals surface area contributed by atoms with Crippen LogP contribution in [-0.2, 0) is 0 Å². The minimum absolute atomic E-state index is 0.203. The molecule has 1 saturated carbocycles. The molecule has 0 amide bonds. The van der Waals surface area contributed by atoms with Gasteiger partial charge in [0.05, 0.1) is 0 Å². The number of hydrogen-bond acceptors (Lipinski definition) is 3. The summed E-state index contributed by atoms with van der Waals surface area (Å²) >= 11 is 0. The Morgan fingerprint density at radius 3 is 2.67 bits per heavy atom. The van der Waals surface area contributed by atoms with E-state index >= 15 is 0 Å². The van der Waals surface area contributed by atoms with Gasteiger partial charge in [0.25, 0.3) is 5.56 Å². The minimum atomic E-state index is -0.436. The molecule has 5 heteroatoms. The predicted octanol–water partition coefficient (Wildman–Crippen LogP) is -0.546. The van der Waals surface area contributed by atoms with E-state index in [4.69, 9.17) is 5.73 Å². The first-order valence-electron chi connectivity index (χ1n) is 3.80. The van der Waals surface area contributed by atoms with E-state index in [0.717, 1.165) is 12.8 Å². The molecule has 1 aliphatic carbocycles. The van der Waals surface area contributed by atoms with E-state index in [1.54, 1.807) is 0 Å². The first kappa shape index (κ1) is 7.15. The molecule has 0 spiro atoms. The second-order valence-electron chi connectivity index (χ2n) is 2.96. The van der Waals surface area contributed by atoms with Gasteiger partial charge in [-0.05, 0) is 12.8 Å². The highest BCUT2D eigenvalue weighted by atomic mass is 16.2. The molecule has 3 N–H and O–H groups in total. The van der Waals surface area contributed by atoms with Gasteiger partial charge in [-0.1, -0.05) is 0 Å². The molecule has 0 aromatic carbocycles. The number of rotatable bonds is 1. The fourth-order valence-electron chi connectivity index (χ4n) is 1.23. The van der Waals surface area contributed by atoms with Crippen LogP contribution in [0.25, 0.3) is 0 Å². The molecule has 0 radical (unpaired) electrons. The Balaban J connectivity index is 2.67. The topological polar surface area (TPSA) is 80.9 Å². The van der Waals surface area contributed by atoms with E-state index in [1.165, 1.54) is 10.6 Å². The Hall–Kier alpha value is -1.52. The molecule has 64 valence electrons. The summed E-state index contributed by atoms with van der Waals surface area (Å²) in [7, 11) is 0. The fourth-order valence-corrected chi connectivity index (χ4v) is 1.23. The Kier molecular flexibility index (Phi) is 1.33. The van der Waals surface area contributed by atoms with Crippen molar-refractivity contribution in [2.45, 2.75) is 18.9 Å². The molecular formula is C7H9N3O2. The van der Waals surface area contributed by atoms with Crippen LogP contribution in [0.2, 0.25) is 0 Å². The zero-order valence-electron chi connectivity index (χ0n) is 6.41. The van der Waals surface area contributed by atoms with E-state index in [0.29, 0.717) is 0 Å². The van der Waals surface area contributed by atoms with Crippen LogP contribution >= 0.6 is 0 Å². The van der Waals surface area contributed by atoms with Crippen molar-refractivity contribution in [2.75, 3.05) is 5.73 Å². The van der Waals surface area contributed by atoms with Crippen molar-refractivity contribution in [3.63, 3.8) is 0 Å². The molecule has 1 heterocycles. The van der Waals surface area contributed by atoms with Crippen LogP contribution in [0.1, 0.15) is 18.9 Å². The maximum absolute atomic E-state index is 11.2. The number of nitrogen functional groups attached to an aromatic ring is 1. The number of anilines is 1. The monoisotopic (exact) mass is 167 g/mol. The van der Waals surface area contributed by atoms with Gasteiger partial charge in [0, 0.05) is 12.1 Å². The zero-order chi connectivity index (χ0) is 8.72. The van der Waals surface area contributed by atoms with Gasteiger partial charge < -0.3 is 5.73 Å². The van der Waals surface area contributed by atoms with Crippen LogP contribution in [0, 0.1) is 0 Å². The van der Waals surface area contributed by atoms with E-state index in [1.807, 2.05) is 0 Å². The number of nitrogens with one attached hydrogen (secondary N) is 1.